The first-order chi connectivity index (χ1) is 14.9. The van der Waals surface area contributed by atoms with Crippen LogP contribution < -0.4 is 21.1 Å². The van der Waals surface area contributed by atoms with Crippen molar-refractivity contribution < 1.29 is 14.3 Å². The summed E-state index contributed by atoms with van der Waals surface area (Å²) in [6.45, 7) is 6.72. The lowest BCUT2D eigenvalue weighted by molar-refractivity contribution is 0.0972. The van der Waals surface area contributed by atoms with E-state index >= 15 is 0 Å². The summed E-state index contributed by atoms with van der Waals surface area (Å²) in [5.41, 5.74) is 7.67. The number of hydrogen-bond donors (Lipinski definition) is 3. The van der Waals surface area contributed by atoms with Gasteiger partial charge in [-0.1, -0.05) is 36.7 Å². The third-order valence-corrected chi connectivity index (χ3v) is 8.07. The molecule has 4 N–H and O–H groups in total. The van der Waals surface area contributed by atoms with Gasteiger partial charge in [0.15, 0.2) is 5.11 Å². The third kappa shape index (κ3) is 5.35. The van der Waals surface area contributed by atoms with Gasteiger partial charge in [0, 0.05) is 9.35 Å². The number of benzene rings is 1. The van der Waals surface area contributed by atoms with Gasteiger partial charge in [-0.05, 0) is 76.4 Å². The van der Waals surface area contributed by atoms with E-state index in [0.29, 0.717) is 36.7 Å². The zero-order valence-corrected chi connectivity index (χ0v) is 23.0. The van der Waals surface area contributed by atoms with Crippen molar-refractivity contribution in [2.45, 2.75) is 40.0 Å². The van der Waals surface area contributed by atoms with Crippen LogP contribution >= 0.6 is 55.4 Å². The van der Waals surface area contributed by atoms with E-state index < -0.39 is 11.8 Å². The molecule has 0 fully saturated rings. The number of thiophene rings is 1. The van der Waals surface area contributed by atoms with Crippen LogP contribution in [0.5, 0.6) is 5.75 Å². The molecular formula is C22H25Br2N3O3S2. The molecular weight excluding hydrogens is 578 g/mol. The minimum atomic E-state index is -0.495. The van der Waals surface area contributed by atoms with Crippen LogP contribution in [0.4, 0.5) is 5.00 Å². The average Bonchev–Trinajstić information content (AvgIpc) is 3.03. The summed E-state index contributed by atoms with van der Waals surface area (Å²) in [6.07, 6.45) is 2.70. The van der Waals surface area contributed by atoms with Crippen molar-refractivity contribution in [3.8, 4) is 5.75 Å². The molecule has 2 aromatic rings. The molecule has 0 saturated carbocycles. The lowest BCUT2D eigenvalue weighted by atomic mass is 9.72. The first-order valence-corrected chi connectivity index (χ1v) is 12.8. The number of hydrogen-bond acceptors (Lipinski definition) is 5. The molecule has 0 spiro atoms. The van der Waals surface area contributed by atoms with Crippen LogP contribution in [0.2, 0.25) is 0 Å². The summed E-state index contributed by atoms with van der Waals surface area (Å²) in [6, 6.07) is 3.43. The standard InChI is InChI=1S/C22H25Br2N3O3S2/c1-22(2,3)10-5-6-12-15(7-10)32-20(16(12)18(25)28)27-21(31)26-19(29)13-8-11(23)9-14(24)17(13)30-4/h8-10H,5-7H2,1-4H3,(H2,25,28)(H2,26,27,29,31)/t10-/m1/s1. The fourth-order valence-corrected chi connectivity index (χ4v) is 6.90. The Morgan fingerprint density at radius 3 is 2.56 bits per heavy atom. The Kier molecular flexibility index (Phi) is 7.69. The van der Waals surface area contributed by atoms with Gasteiger partial charge in [0.05, 0.1) is 22.7 Å². The molecule has 1 aliphatic rings. The highest BCUT2D eigenvalue weighted by molar-refractivity contribution is 9.11. The monoisotopic (exact) mass is 601 g/mol. The smallest absolute Gasteiger partial charge is 0.261 e. The van der Waals surface area contributed by atoms with Gasteiger partial charge in [-0.3, -0.25) is 14.9 Å². The zero-order chi connectivity index (χ0) is 23.8. The molecule has 0 saturated heterocycles. The molecule has 6 nitrogen and oxygen atoms in total. The molecule has 10 heteroatoms. The maximum absolute atomic E-state index is 12.8. The number of methoxy groups -OCH3 is 1. The van der Waals surface area contributed by atoms with Crippen molar-refractivity contribution >= 4 is 77.3 Å². The fourth-order valence-electron chi connectivity index (χ4n) is 3.92. The average molecular weight is 603 g/mol. The van der Waals surface area contributed by atoms with Crippen molar-refractivity contribution in [3.05, 3.63) is 42.6 Å². The van der Waals surface area contributed by atoms with Gasteiger partial charge in [0.25, 0.3) is 11.8 Å². The second-order valence-corrected chi connectivity index (χ2v) is 12.0. The number of halogens is 2. The van der Waals surface area contributed by atoms with Crippen LogP contribution in [0.25, 0.3) is 0 Å². The van der Waals surface area contributed by atoms with Gasteiger partial charge in [-0.25, -0.2) is 0 Å². The largest absolute Gasteiger partial charge is 0.495 e. The molecule has 0 radical (unpaired) electrons. The molecule has 172 valence electrons. The van der Waals surface area contributed by atoms with Crippen molar-refractivity contribution in [1.82, 2.24) is 5.32 Å². The lowest BCUT2D eigenvalue weighted by Gasteiger charge is -2.33. The van der Waals surface area contributed by atoms with Crippen LogP contribution in [0.15, 0.2) is 21.1 Å². The van der Waals surface area contributed by atoms with Crippen LogP contribution in [-0.2, 0) is 12.8 Å². The number of nitrogens with one attached hydrogen (secondary N) is 2. The van der Waals surface area contributed by atoms with Gasteiger partial charge in [0.2, 0.25) is 0 Å². The minimum Gasteiger partial charge on any atom is -0.495 e. The molecule has 1 heterocycles. The van der Waals surface area contributed by atoms with E-state index in [4.69, 9.17) is 22.7 Å². The predicted molar refractivity (Wildman–Crippen MR) is 140 cm³/mol. The van der Waals surface area contributed by atoms with Crippen molar-refractivity contribution in [2.24, 2.45) is 17.1 Å². The van der Waals surface area contributed by atoms with Crippen LogP contribution in [-0.4, -0.2) is 24.0 Å². The van der Waals surface area contributed by atoms with Gasteiger partial charge in [0.1, 0.15) is 10.8 Å². The van der Waals surface area contributed by atoms with Crippen LogP contribution in [0.1, 0.15) is 58.3 Å². The highest BCUT2D eigenvalue weighted by atomic mass is 79.9. The van der Waals surface area contributed by atoms with E-state index in [2.05, 4.69) is 63.3 Å². The summed E-state index contributed by atoms with van der Waals surface area (Å²) in [4.78, 5) is 26.2. The SMILES string of the molecule is COc1c(Br)cc(Br)cc1C(=O)NC(=S)Nc1sc2c(c1C(N)=O)CC[C@@H](C(C)(C)C)C2. The highest BCUT2D eigenvalue weighted by Gasteiger charge is 2.33. The number of anilines is 1. The summed E-state index contributed by atoms with van der Waals surface area (Å²) >= 11 is 13.6. The van der Waals surface area contributed by atoms with Crippen LogP contribution in [0.3, 0.4) is 0 Å². The second-order valence-electron chi connectivity index (χ2n) is 8.75. The van der Waals surface area contributed by atoms with E-state index in [-0.39, 0.29) is 10.5 Å². The maximum atomic E-state index is 12.8. The number of nitrogens with two attached hydrogens (primary N) is 1. The summed E-state index contributed by atoms with van der Waals surface area (Å²) in [5, 5.41) is 6.35. The number of carbonyl (C=O) groups excluding carboxylic acids is 2. The van der Waals surface area contributed by atoms with Gasteiger partial charge in [-0.2, -0.15) is 0 Å². The minimum absolute atomic E-state index is 0.0848. The summed E-state index contributed by atoms with van der Waals surface area (Å²) < 4.78 is 6.69. The number of thiocarbonyl (C=S) groups is 1. The van der Waals surface area contributed by atoms with Crippen LogP contribution in [0, 0.1) is 11.3 Å². The Labute approximate surface area is 213 Å². The first kappa shape index (κ1) is 25.1. The Morgan fingerprint density at radius 2 is 1.97 bits per heavy atom. The first-order valence-electron chi connectivity index (χ1n) is 10.0. The third-order valence-electron chi connectivity index (χ3n) is 5.65. The number of amides is 2. The summed E-state index contributed by atoms with van der Waals surface area (Å²) in [5.74, 6) is -0.00975. The molecule has 1 aromatic heterocycles. The van der Waals surface area contributed by atoms with Crippen molar-refractivity contribution in [3.63, 3.8) is 0 Å². The number of rotatable bonds is 4. The molecule has 0 unspecified atom stereocenters. The molecule has 1 aromatic carbocycles. The normalized spacial score (nSPS) is 15.6. The lowest BCUT2D eigenvalue weighted by Crippen LogP contribution is -2.34. The topological polar surface area (TPSA) is 93.4 Å². The molecule has 1 aliphatic carbocycles. The Hall–Kier alpha value is -1.49. The van der Waals surface area contributed by atoms with E-state index in [1.807, 2.05) is 0 Å². The van der Waals surface area contributed by atoms with E-state index in [0.717, 1.165) is 29.7 Å². The zero-order valence-electron chi connectivity index (χ0n) is 18.2. The second kappa shape index (κ2) is 9.79. The molecule has 3 rings (SSSR count). The predicted octanol–water partition coefficient (Wildman–Crippen LogP) is 5.66. The number of primary amides is 1. The van der Waals surface area contributed by atoms with E-state index in [1.165, 1.54) is 18.4 Å². The van der Waals surface area contributed by atoms with E-state index in [9.17, 15) is 9.59 Å². The Morgan fingerprint density at radius 1 is 1.28 bits per heavy atom. The van der Waals surface area contributed by atoms with Gasteiger partial charge >= 0.3 is 0 Å². The molecule has 2 amide bonds. The Balaban J connectivity index is 1.82. The summed E-state index contributed by atoms with van der Waals surface area (Å²) in [7, 11) is 1.49. The molecule has 0 bridgehead atoms. The van der Waals surface area contributed by atoms with Crippen molar-refractivity contribution in [2.75, 3.05) is 12.4 Å². The fraction of sp³-hybridized carbons (Fsp3) is 0.409. The quantitative estimate of drug-likeness (QED) is 0.393. The number of ether oxygens (including phenoxy) is 1. The maximum Gasteiger partial charge on any atom is 0.261 e. The molecule has 32 heavy (non-hydrogen) atoms. The van der Waals surface area contributed by atoms with E-state index in [1.54, 1.807) is 12.1 Å². The molecule has 1 atom stereocenters. The van der Waals surface area contributed by atoms with Gasteiger partial charge in [-0.15, -0.1) is 11.3 Å². The number of fused-ring (bicyclic) bond motifs is 1. The van der Waals surface area contributed by atoms with Crippen molar-refractivity contribution in [1.29, 1.82) is 0 Å². The molecule has 0 aliphatic heterocycles. The Bertz CT molecular complexity index is 1090. The number of carbonyl (C=O) groups is 2. The van der Waals surface area contributed by atoms with Gasteiger partial charge < -0.3 is 15.8 Å². The highest BCUT2D eigenvalue weighted by Crippen LogP contribution is 2.44.